The van der Waals surface area contributed by atoms with Gasteiger partial charge in [0, 0.05) is 6.54 Å². The Bertz CT molecular complexity index is 914. The van der Waals surface area contributed by atoms with Gasteiger partial charge in [0.2, 0.25) is 0 Å². The van der Waals surface area contributed by atoms with Gasteiger partial charge in [-0.3, -0.25) is 0 Å². The van der Waals surface area contributed by atoms with E-state index in [1.165, 1.54) is 12.1 Å². The van der Waals surface area contributed by atoms with Gasteiger partial charge in [-0.1, -0.05) is 39.0 Å². The maximum Gasteiger partial charge on any atom is 0.407 e. The molecule has 0 saturated carbocycles. The molecule has 0 fully saturated rings. The largest absolute Gasteiger partial charge is 0.444 e. The summed E-state index contributed by atoms with van der Waals surface area (Å²) in [6.45, 7) is 17.2. The number of rotatable bonds is 6. The second-order valence-corrected chi connectivity index (χ2v) is 15.3. The van der Waals surface area contributed by atoms with Crippen molar-refractivity contribution in [2.45, 2.75) is 78.4 Å². The summed E-state index contributed by atoms with van der Waals surface area (Å²) in [5.41, 5.74) is 2.82. The Morgan fingerprint density at radius 3 is 2.23 bits per heavy atom. The van der Waals surface area contributed by atoms with E-state index >= 15 is 0 Å². The predicted octanol–water partition coefficient (Wildman–Crippen LogP) is 7.04. The van der Waals surface area contributed by atoms with Gasteiger partial charge in [0.25, 0.3) is 0 Å². The van der Waals surface area contributed by atoms with Crippen LogP contribution in [0.4, 0.5) is 9.18 Å². The van der Waals surface area contributed by atoms with Gasteiger partial charge in [-0.15, -0.1) is 0 Å². The molecule has 31 heavy (non-hydrogen) atoms. The summed E-state index contributed by atoms with van der Waals surface area (Å²) >= 11 is 0. The smallest absolute Gasteiger partial charge is 0.407 e. The van der Waals surface area contributed by atoms with E-state index in [0.29, 0.717) is 12.2 Å². The zero-order valence-corrected chi connectivity index (χ0v) is 21.1. The van der Waals surface area contributed by atoms with Crippen molar-refractivity contribution in [2.24, 2.45) is 0 Å². The molecule has 0 aromatic heterocycles. The zero-order chi connectivity index (χ0) is 23.4. The number of benzene rings is 2. The van der Waals surface area contributed by atoms with Crippen molar-refractivity contribution in [3.8, 4) is 11.1 Å². The fourth-order valence-corrected chi connectivity index (χ4v) is 3.69. The highest BCUT2D eigenvalue weighted by atomic mass is 28.4. The van der Waals surface area contributed by atoms with Crippen molar-refractivity contribution >= 4 is 14.4 Å². The van der Waals surface area contributed by atoms with Gasteiger partial charge in [-0.05, 0) is 85.4 Å². The Morgan fingerprint density at radius 1 is 0.968 bits per heavy atom. The third-order valence-electron chi connectivity index (χ3n) is 5.46. The summed E-state index contributed by atoms with van der Waals surface area (Å²) < 4.78 is 25.9. The van der Waals surface area contributed by atoms with Crippen LogP contribution in [0.5, 0.6) is 0 Å². The normalized spacial score (nSPS) is 12.5. The lowest BCUT2D eigenvalue weighted by molar-refractivity contribution is 0.0523. The van der Waals surface area contributed by atoms with E-state index in [-0.39, 0.29) is 17.4 Å². The third kappa shape index (κ3) is 7.78. The van der Waals surface area contributed by atoms with E-state index in [1.54, 1.807) is 20.8 Å². The summed E-state index contributed by atoms with van der Waals surface area (Å²) in [5.74, 6) is -0.346. The first-order valence-electron chi connectivity index (χ1n) is 10.7. The quantitative estimate of drug-likeness (QED) is 0.485. The molecule has 170 valence electrons. The van der Waals surface area contributed by atoms with Crippen LogP contribution in [0, 0.1) is 5.82 Å². The molecule has 0 saturated heterocycles. The van der Waals surface area contributed by atoms with Crippen molar-refractivity contribution < 1.29 is 18.3 Å². The minimum Gasteiger partial charge on any atom is -0.444 e. The third-order valence-corrected chi connectivity index (χ3v) is 9.94. The first kappa shape index (κ1) is 25.1. The Hall–Kier alpha value is -2.18. The van der Waals surface area contributed by atoms with Crippen LogP contribution in [0.2, 0.25) is 18.1 Å². The van der Waals surface area contributed by atoms with Crippen LogP contribution >= 0.6 is 0 Å². The van der Waals surface area contributed by atoms with Crippen LogP contribution in [0.15, 0.2) is 42.5 Å². The minimum atomic E-state index is -1.85. The lowest BCUT2D eigenvalue weighted by Gasteiger charge is -2.36. The summed E-state index contributed by atoms with van der Waals surface area (Å²) in [4.78, 5) is 11.9. The van der Waals surface area contributed by atoms with E-state index in [9.17, 15) is 9.18 Å². The van der Waals surface area contributed by atoms with E-state index in [1.807, 2.05) is 30.3 Å². The van der Waals surface area contributed by atoms with Gasteiger partial charge in [-0.25, -0.2) is 9.18 Å². The molecule has 0 unspecified atom stereocenters. The Labute approximate surface area is 187 Å². The number of amides is 1. The maximum atomic E-state index is 14.3. The number of alkyl carbamates (subject to hydrolysis) is 1. The molecule has 0 atom stereocenters. The van der Waals surface area contributed by atoms with Gasteiger partial charge >= 0.3 is 6.09 Å². The molecule has 2 rings (SSSR count). The Kier molecular flexibility index (Phi) is 7.71. The molecule has 0 radical (unpaired) electrons. The monoisotopic (exact) mass is 445 g/mol. The standard InChI is InChI=1S/C25H36FNO3Si/c1-24(2,3)30-23(28)27-16-19-13-21(15-22(26)14-19)20-11-9-10-18(12-20)17-29-31(7,8)25(4,5)6/h9-15H,16-17H2,1-8H3,(H,27,28). The van der Waals surface area contributed by atoms with Gasteiger partial charge in [0.1, 0.15) is 11.4 Å². The molecular formula is C25H36FNO3Si. The number of ether oxygens (including phenoxy) is 1. The number of nitrogens with one attached hydrogen (secondary N) is 1. The lowest BCUT2D eigenvalue weighted by Crippen LogP contribution is -2.40. The maximum absolute atomic E-state index is 14.3. The molecule has 1 amide bonds. The fourth-order valence-electron chi connectivity index (χ4n) is 2.73. The van der Waals surface area contributed by atoms with Crippen LogP contribution < -0.4 is 5.32 Å². The average Bonchev–Trinajstić information content (AvgIpc) is 2.62. The number of halogens is 1. The molecule has 2 aromatic carbocycles. The molecule has 1 N–H and O–H groups in total. The number of hydrogen-bond acceptors (Lipinski definition) is 3. The van der Waals surface area contributed by atoms with Crippen molar-refractivity contribution in [1.29, 1.82) is 0 Å². The van der Waals surface area contributed by atoms with Crippen molar-refractivity contribution in [3.05, 3.63) is 59.4 Å². The topological polar surface area (TPSA) is 47.6 Å². The fraction of sp³-hybridized carbons (Fsp3) is 0.480. The second kappa shape index (κ2) is 9.53. The zero-order valence-electron chi connectivity index (χ0n) is 20.1. The second-order valence-electron chi connectivity index (χ2n) is 10.5. The highest BCUT2D eigenvalue weighted by Gasteiger charge is 2.37. The van der Waals surface area contributed by atoms with E-state index < -0.39 is 20.0 Å². The van der Waals surface area contributed by atoms with Crippen molar-refractivity contribution in [3.63, 3.8) is 0 Å². The van der Waals surface area contributed by atoms with Crippen LogP contribution in [-0.4, -0.2) is 20.0 Å². The van der Waals surface area contributed by atoms with Gasteiger partial charge in [0.05, 0.1) is 6.61 Å². The molecule has 0 aliphatic heterocycles. The molecule has 0 aliphatic rings. The number of carbonyl (C=O) groups excluding carboxylic acids is 1. The van der Waals surface area contributed by atoms with Crippen molar-refractivity contribution in [1.82, 2.24) is 5.32 Å². The highest BCUT2D eigenvalue weighted by molar-refractivity contribution is 6.74. The summed E-state index contributed by atoms with van der Waals surface area (Å²) in [6.07, 6.45) is -0.525. The average molecular weight is 446 g/mol. The van der Waals surface area contributed by atoms with Crippen LogP contribution in [0.1, 0.15) is 52.7 Å². The molecule has 0 bridgehead atoms. The van der Waals surface area contributed by atoms with Crippen LogP contribution in [0.3, 0.4) is 0 Å². The molecule has 2 aromatic rings. The van der Waals surface area contributed by atoms with Crippen LogP contribution in [0.25, 0.3) is 11.1 Å². The summed E-state index contributed by atoms with van der Waals surface area (Å²) in [5, 5.41) is 2.82. The van der Waals surface area contributed by atoms with Gasteiger partial charge < -0.3 is 14.5 Å². The first-order valence-corrected chi connectivity index (χ1v) is 13.6. The summed E-state index contributed by atoms with van der Waals surface area (Å²) in [7, 11) is -1.85. The van der Waals surface area contributed by atoms with E-state index in [4.69, 9.17) is 9.16 Å². The summed E-state index contributed by atoms with van der Waals surface area (Å²) in [6, 6.07) is 12.8. The number of carbonyl (C=O) groups is 1. The Balaban J connectivity index is 2.14. The molecule has 0 aliphatic carbocycles. The highest BCUT2D eigenvalue weighted by Crippen LogP contribution is 2.37. The molecule has 4 nitrogen and oxygen atoms in total. The van der Waals surface area contributed by atoms with E-state index in [2.05, 4.69) is 39.2 Å². The lowest BCUT2D eigenvalue weighted by atomic mass is 10.0. The molecule has 0 spiro atoms. The first-order chi connectivity index (χ1) is 14.2. The van der Waals surface area contributed by atoms with Gasteiger partial charge in [-0.2, -0.15) is 0 Å². The van der Waals surface area contributed by atoms with E-state index in [0.717, 1.165) is 16.7 Å². The van der Waals surface area contributed by atoms with Crippen LogP contribution in [-0.2, 0) is 22.3 Å². The Morgan fingerprint density at radius 2 is 1.61 bits per heavy atom. The molecular weight excluding hydrogens is 409 g/mol. The minimum absolute atomic E-state index is 0.142. The predicted molar refractivity (Wildman–Crippen MR) is 127 cm³/mol. The number of hydrogen-bond donors (Lipinski definition) is 1. The SMILES string of the molecule is CC(C)(C)OC(=O)NCc1cc(F)cc(-c2cccc(CO[Si](C)(C)C(C)(C)C)c2)c1. The van der Waals surface area contributed by atoms with Crippen molar-refractivity contribution in [2.75, 3.05) is 0 Å². The molecule has 0 heterocycles. The molecule has 6 heteroatoms. The van der Waals surface area contributed by atoms with Gasteiger partial charge in [0.15, 0.2) is 8.32 Å².